The van der Waals surface area contributed by atoms with E-state index in [0.717, 1.165) is 0 Å². The van der Waals surface area contributed by atoms with E-state index in [9.17, 15) is 14.0 Å². The molecular formula is C20H21ClFN3O2. The molecular weight excluding hydrogens is 369 g/mol. The van der Waals surface area contributed by atoms with Gasteiger partial charge in [0.15, 0.2) is 0 Å². The smallest absolute Gasteiger partial charge is 0.253 e. The predicted molar refractivity (Wildman–Crippen MR) is 103 cm³/mol. The first-order chi connectivity index (χ1) is 13.0. The summed E-state index contributed by atoms with van der Waals surface area (Å²) in [7, 11) is 0. The van der Waals surface area contributed by atoms with Crippen LogP contribution in [0.5, 0.6) is 0 Å². The van der Waals surface area contributed by atoms with Crippen LogP contribution in [0.25, 0.3) is 0 Å². The summed E-state index contributed by atoms with van der Waals surface area (Å²) in [5.74, 6) is -0.511. The number of hydrogen-bond acceptors (Lipinski definition) is 3. The van der Waals surface area contributed by atoms with E-state index in [2.05, 4.69) is 10.2 Å². The lowest BCUT2D eigenvalue weighted by Gasteiger charge is -2.34. The van der Waals surface area contributed by atoms with E-state index in [1.54, 1.807) is 29.2 Å². The van der Waals surface area contributed by atoms with Crippen LogP contribution in [-0.4, -0.2) is 54.3 Å². The van der Waals surface area contributed by atoms with Gasteiger partial charge < -0.3 is 10.2 Å². The maximum atomic E-state index is 13.0. The molecule has 2 amide bonds. The molecule has 5 nitrogen and oxygen atoms in total. The van der Waals surface area contributed by atoms with Gasteiger partial charge in [-0.2, -0.15) is 0 Å². The number of amides is 2. The van der Waals surface area contributed by atoms with Gasteiger partial charge in [-0.15, -0.1) is 0 Å². The SMILES string of the molecule is O=C(CCN1CCN(C(=O)c2ccc(F)cc2)CC1)Nc1cccc(Cl)c1. The number of benzene rings is 2. The number of piperazine rings is 1. The second-order valence-corrected chi connectivity index (χ2v) is 6.89. The number of anilines is 1. The third kappa shape index (κ3) is 5.52. The van der Waals surface area contributed by atoms with Crippen LogP contribution in [0, 0.1) is 5.82 Å². The van der Waals surface area contributed by atoms with Crippen LogP contribution in [-0.2, 0) is 4.79 Å². The largest absolute Gasteiger partial charge is 0.336 e. The Morgan fingerprint density at radius 2 is 1.74 bits per heavy atom. The highest BCUT2D eigenvalue weighted by Gasteiger charge is 2.22. The Morgan fingerprint density at radius 3 is 2.41 bits per heavy atom. The number of nitrogens with one attached hydrogen (secondary N) is 1. The van der Waals surface area contributed by atoms with Gasteiger partial charge in [0.1, 0.15) is 5.82 Å². The molecule has 1 N–H and O–H groups in total. The molecule has 0 spiro atoms. The Balaban J connectivity index is 1.42. The normalized spacial score (nSPS) is 14.8. The molecule has 1 fully saturated rings. The van der Waals surface area contributed by atoms with E-state index >= 15 is 0 Å². The van der Waals surface area contributed by atoms with Gasteiger partial charge in [-0.25, -0.2) is 4.39 Å². The zero-order valence-electron chi connectivity index (χ0n) is 14.8. The van der Waals surface area contributed by atoms with Crippen molar-refractivity contribution in [3.8, 4) is 0 Å². The summed E-state index contributed by atoms with van der Waals surface area (Å²) in [5, 5.41) is 3.41. The molecule has 2 aromatic carbocycles. The average molecular weight is 390 g/mol. The molecule has 3 rings (SSSR count). The molecule has 27 heavy (non-hydrogen) atoms. The zero-order valence-corrected chi connectivity index (χ0v) is 15.6. The highest BCUT2D eigenvalue weighted by molar-refractivity contribution is 6.30. The zero-order chi connectivity index (χ0) is 19.2. The molecule has 0 atom stereocenters. The Morgan fingerprint density at radius 1 is 1.04 bits per heavy atom. The molecule has 0 aromatic heterocycles. The number of halogens is 2. The monoisotopic (exact) mass is 389 g/mol. The summed E-state index contributed by atoms with van der Waals surface area (Å²) < 4.78 is 13.0. The molecule has 1 heterocycles. The summed E-state index contributed by atoms with van der Waals surface area (Å²) in [4.78, 5) is 28.4. The number of carbonyl (C=O) groups excluding carboxylic acids is 2. The molecule has 0 radical (unpaired) electrons. The van der Waals surface area contributed by atoms with Crippen LogP contribution < -0.4 is 5.32 Å². The van der Waals surface area contributed by atoms with Gasteiger partial charge in [0.2, 0.25) is 5.91 Å². The van der Waals surface area contributed by atoms with Gasteiger partial charge in [0.05, 0.1) is 0 Å². The van der Waals surface area contributed by atoms with Crippen molar-refractivity contribution in [3.63, 3.8) is 0 Å². The fourth-order valence-corrected chi connectivity index (χ4v) is 3.19. The van der Waals surface area contributed by atoms with Crippen molar-refractivity contribution in [1.29, 1.82) is 0 Å². The molecule has 1 aliphatic rings. The molecule has 7 heteroatoms. The Hall–Kier alpha value is -2.44. The van der Waals surface area contributed by atoms with E-state index in [-0.39, 0.29) is 17.6 Å². The third-order valence-corrected chi connectivity index (χ3v) is 4.75. The molecule has 1 aliphatic heterocycles. The molecule has 0 saturated carbocycles. The summed E-state index contributed by atoms with van der Waals surface area (Å²) in [6.07, 6.45) is 0.373. The van der Waals surface area contributed by atoms with Gasteiger partial charge in [-0.05, 0) is 42.5 Å². The maximum absolute atomic E-state index is 13.0. The molecule has 142 valence electrons. The van der Waals surface area contributed by atoms with E-state index < -0.39 is 0 Å². The topological polar surface area (TPSA) is 52.7 Å². The van der Waals surface area contributed by atoms with Crippen molar-refractivity contribution in [1.82, 2.24) is 9.80 Å². The van der Waals surface area contributed by atoms with Gasteiger partial charge in [0.25, 0.3) is 5.91 Å². The molecule has 0 bridgehead atoms. The Bertz CT molecular complexity index is 805. The van der Waals surface area contributed by atoms with E-state index in [1.165, 1.54) is 24.3 Å². The van der Waals surface area contributed by atoms with Crippen LogP contribution in [0.3, 0.4) is 0 Å². The van der Waals surface area contributed by atoms with Gasteiger partial charge in [-0.3, -0.25) is 14.5 Å². The van der Waals surface area contributed by atoms with E-state index in [4.69, 9.17) is 11.6 Å². The number of hydrogen-bond donors (Lipinski definition) is 1. The van der Waals surface area contributed by atoms with Crippen molar-refractivity contribution in [2.45, 2.75) is 6.42 Å². The average Bonchev–Trinajstić information content (AvgIpc) is 2.67. The second-order valence-electron chi connectivity index (χ2n) is 6.45. The second kappa shape index (κ2) is 8.97. The Kier molecular flexibility index (Phi) is 6.42. The standard InChI is InChI=1S/C20H21ClFN3O2/c21-16-2-1-3-18(14-16)23-19(26)8-9-24-10-12-25(13-11-24)20(27)15-4-6-17(22)7-5-15/h1-7,14H,8-13H2,(H,23,26). The van der Waals surface area contributed by atoms with Crippen molar-refractivity contribution in [2.75, 3.05) is 38.0 Å². The quantitative estimate of drug-likeness (QED) is 0.853. The van der Waals surface area contributed by atoms with Gasteiger partial charge in [0, 0.05) is 55.4 Å². The van der Waals surface area contributed by atoms with Crippen LogP contribution in [0.4, 0.5) is 10.1 Å². The van der Waals surface area contributed by atoms with E-state index in [0.29, 0.717) is 55.4 Å². The number of nitrogens with zero attached hydrogens (tertiary/aromatic N) is 2. The van der Waals surface area contributed by atoms with Crippen molar-refractivity contribution >= 4 is 29.1 Å². The Labute approximate surface area is 162 Å². The van der Waals surface area contributed by atoms with Crippen LogP contribution in [0.2, 0.25) is 5.02 Å². The highest BCUT2D eigenvalue weighted by Crippen LogP contribution is 2.15. The first kappa shape index (κ1) is 19.3. The minimum atomic E-state index is -0.354. The molecule has 1 saturated heterocycles. The fourth-order valence-electron chi connectivity index (χ4n) is 3.00. The van der Waals surface area contributed by atoms with Crippen molar-refractivity contribution < 1.29 is 14.0 Å². The first-order valence-electron chi connectivity index (χ1n) is 8.84. The first-order valence-corrected chi connectivity index (χ1v) is 9.22. The molecule has 2 aromatic rings. The summed E-state index contributed by atoms with van der Waals surface area (Å²) in [6, 6.07) is 12.6. The summed E-state index contributed by atoms with van der Waals surface area (Å²) in [6.45, 7) is 3.22. The molecule has 0 aliphatic carbocycles. The van der Waals surface area contributed by atoms with E-state index in [1.807, 2.05) is 0 Å². The minimum absolute atomic E-state index is 0.0675. The highest BCUT2D eigenvalue weighted by atomic mass is 35.5. The lowest BCUT2D eigenvalue weighted by molar-refractivity contribution is -0.116. The van der Waals surface area contributed by atoms with Crippen LogP contribution >= 0.6 is 11.6 Å². The summed E-state index contributed by atoms with van der Waals surface area (Å²) >= 11 is 5.91. The van der Waals surface area contributed by atoms with Crippen molar-refractivity contribution in [3.05, 3.63) is 64.9 Å². The molecule has 0 unspecified atom stereocenters. The van der Waals surface area contributed by atoms with Gasteiger partial charge in [-0.1, -0.05) is 17.7 Å². The third-order valence-electron chi connectivity index (χ3n) is 4.51. The van der Waals surface area contributed by atoms with Crippen molar-refractivity contribution in [2.24, 2.45) is 0 Å². The minimum Gasteiger partial charge on any atom is -0.336 e. The van der Waals surface area contributed by atoms with Crippen LogP contribution in [0.1, 0.15) is 16.8 Å². The van der Waals surface area contributed by atoms with Crippen LogP contribution in [0.15, 0.2) is 48.5 Å². The van der Waals surface area contributed by atoms with Gasteiger partial charge >= 0.3 is 0 Å². The summed E-state index contributed by atoms with van der Waals surface area (Å²) in [5.41, 5.74) is 1.17. The predicted octanol–water partition coefficient (Wildman–Crippen LogP) is 3.27. The lowest BCUT2D eigenvalue weighted by atomic mass is 10.1. The fraction of sp³-hybridized carbons (Fsp3) is 0.300. The number of rotatable bonds is 5. The lowest BCUT2D eigenvalue weighted by Crippen LogP contribution is -2.49. The number of carbonyl (C=O) groups is 2. The maximum Gasteiger partial charge on any atom is 0.253 e.